The summed E-state index contributed by atoms with van der Waals surface area (Å²) in [4.78, 5) is 22.3. The lowest BCUT2D eigenvalue weighted by atomic mass is 10.0. The molecule has 1 unspecified atom stereocenters. The number of esters is 2. The Bertz CT molecular complexity index is 414. The van der Waals surface area contributed by atoms with Gasteiger partial charge in [-0.05, 0) is 12.8 Å². The van der Waals surface area contributed by atoms with Crippen molar-refractivity contribution in [3.05, 3.63) is 12.2 Å². The van der Waals surface area contributed by atoms with Gasteiger partial charge in [0.05, 0.1) is 12.3 Å². The Morgan fingerprint density at radius 1 is 0.741 bits per heavy atom. The third-order valence-electron chi connectivity index (χ3n) is 5.50. The van der Waals surface area contributed by atoms with Crippen molar-refractivity contribution in [2.24, 2.45) is 5.92 Å². The minimum Gasteiger partial charge on any atom is -0.393 e. The minimum atomic E-state index is -0.392. The Kier molecular flexibility index (Phi) is 15.1. The van der Waals surface area contributed by atoms with E-state index in [9.17, 15) is 9.59 Å². The zero-order valence-electron chi connectivity index (χ0n) is 17.7. The van der Waals surface area contributed by atoms with Crippen LogP contribution in [0.1, 0.15) is 122 Å². The summed E-state index contributed by atoms with van der Waals surface area (Å²) in [5.41, 5.74) is 0. The van der Waals surface area contributed by atoms with Crippen LogP contribution in [0.2, 0.25) is 0 Å². The molecule has 0 saturated carbocycles. The van der Waals surface area contributed by atoms with Crippen molar-refractivity contribution in [3.63, 3.8) is 0 Å². The number of cyclic esters (lactones) is 2. The van der Waals surface area contributed by atoms with Gasteiger partial charge in [0.25, 0.3) is 0 Å². The summed E-state index contributed by atoms with van der Waals surface area (Å²) in [6, 6.07) is 0. The molecule has 3 nitrogen and oxygen atoms in total. The fraction of sp³-hybridized carbons (Fsp3) is 0.833. The Hall–Kier alpha value is -1.12. The number of unbranched alkanes of at least 4 members (excludes halogenated alkanes) is 16. The second-order valence-corrected chi connectivity index (χ2v) is 8.12. The average Bonchev–Trinajstić information content (AvgIpc) is 2.98. The molecule has 0 spiro atoms. The SMILES string of the molecule is CCCCCCCCCCCCCCCCCCC=CC1CC(=O)OC1=O. The molecule has 3 heteroatoms. The molecule has 27 heavy (non-hydrogen) atoms. The topological polar surface area (TPSA) is 43.4 Å². The monoisotopic (exact) mass is 378 g/mol. The molecule has 0 radical (unpaired) electrons. The molecule has 1 fully saturated rings. The van der Waals surface area contributed by atoms with Gasteiger partial charge in [-0.3, -0.25) is 9.59 Å². The minimum absolute atomic E-state index is 0.217. The maximum atomic E-state index is 11.3. The van der Waals surface area contributed by atoms with Crippen LogP contribution in [-0.2, 0) is 14.3 Å². The van der Waals surface area contributed by atoms with E-state index in [0.29, 0.717) is 0 Å². The molecule has 1 aliphatic heterocycles. The van der Waals surface area contributed by atoms with E-state index in [1.807, 2.05) is 12.2 Å². The first-order valence-electron chi connectivity index (χ1n) is 11.6. The van der Waals surface area contributed by atoms with Crippen molar-refractivity contribution >= 4 is 11.9 Å². The van der Waals surface area contributed by atoms with Crippen LogP contribution in [0.5, 0.6) is 0 Å². The summed E-state index contributed by atoms with van der Waals surface area (Å²) in [5, 5.41) is 0. The zero-order valence-corrected chi connectivity index (χ0v) is 17.7. The first kappa shape index (κ1) is 23.9. The lowest BCUT2D eigenvalue weighted by molar-refractivity contribution is -0.152. The number of hydrogen-bond donors (Lipinski definition) is 0. The van der Waals surface area contributed by atoms with E-state index in [2.05, 4.69) is 11.7 Å². The molecule has 0 aromatic carbocycles. The van der Waals surface area contributed by atoms with Gasteiger partial charge in [-0.1, -0.05) is 115 Å². The van der Waals surface area contributed by atoms with Gasteiger partial charge in [-0.2, -0.15) is 0 Å². The Morgan fingerprint density at radius 2 is 1.19 bits per heavy atom. The molecule has 1 atom stereocenters. The normalized spacial score (nSPS) is 17.1. The van der Waals surface area contributed by atoms with Crippen LogP contribution in [-0.4, -0.2) is 11.9 Å². The molecule has 0 aromatic rings. The van der Waals surface area contributed by atoms with Crippen molar-refractivity contribution in [2.75, 3.05) is 0 Å². The van der Waals surface area contributed by atoms with Crippen molar-refractivity contribution < 1.29 is 14.3 Å². The second-order valence-electron chi connectivity index (χ2n) is 8.12. The van der Waals surface area contributed by atoms with Crippen molar-refractivity contribution in [3.8, 4) is 0 Å². The van der Waals surface area contributed by atoms with Crippen LogP contribution in [0.3, 0.4) is 0 Å². The predicted molar refractivity (Wildman–Crippen MR) is 113 cm³/mol. The van der Waals surface area contributed by atoms with Gasteiger partial charge >= 0.3 is 11.9 Å². The number of hydrogen-bond acceptors (Lipinski definition) is 3. The number of ether oxygens (including phenoxy) is 1. The van der Waals surface area contributed by atoms with Crippen molar-refractivity contribution in [1.29, 1.82) is 0 Å². The van der Waals surface area contributed by atoms with Crippen LogP contribution >= 0.6 is 0 Å². The molecule has 0 aliphatic carbocycles. The average molecular weight is 379 g/mol. The van der Waals surface area contributed by atoms with Gasteiger partial charge < -0.3 is 4.74 Å². The summed E-state index contributed by atoms with van der Waals surface area (Å²) in [6.45, 7) is 2.28. The summed E-state index contributed by atoms with van der Waals surface area (Å²) >= 11 is 0. The van der Waals surface area contributed by atoms with E-state index in [1.54, 1.807) is 0 Å². The van der Waals surface area contributed by atoms with E-state index in [4.69, 9.17) is 0 Å². The highest BCUT2D eigenvalue weighted by Crippen LogP contribution is 2.18. The molecular weight excluding hydrogens is 336 g/mol. The van der Waals surface area contributed by atoms with E-state index >= 15 is 0 Å². The second kappa shape index (κ2) is 17.0. The van der Waals surface area contributed by atoms with Gasteiger partial charge in [0, 0.05) is 0 Å². The van der Waals surface area contributed by atoms with E-state index in [0.717, 1.165) is 6.42 Å². The van der Waals surface area contributed by atoms with E-state index in [1.165, 1.54) is 103 Å². The molecule has 1 rings (SSSR count). The van der Waals surface area contributed by atoms with Gasteiger partial charge in [-0.25, -0.2) is 0 Å². The number of carbonyl (C=O) groups excluding carboxylic acids is 2. The lowest BCUT2D eigenvalue weighted by Gasteiger charge is -2.03. The van der Waals surface area contributed by atoms with Crippen molar-refractivity contribution in [1.82, 2.24) is 0 Å². The molecule has 1 aliphatic rings. The van der Waals surface area contributed by atoms with Crippen LogP contribution in [0.4, 0.5) is 0 Å². The molecule has 156 valence electrons. The Labute approximate surface area is 167 Å². The third-order valence-corrected chi connectivity index (χ3v) is 5.50. The van der Waals surface area contributed by atoms with Crippen LogP contribution in [0.25, 0.3) is 0 Å². The van der Waals surface area contributed by atoms with E-state index < -0.39 is 5.97 Å². The number of allylic oxidation sites excluding steroid dienone is 1. The molecule has 0 aromatic heterocycles. The highest BCUT2D eigenvalue weighted by atomic mass is 16.6. The largest absolute Gasteiger partial charge is 0.393 e. The molecule has 1 heterocycles. The molecule has 1 saturated heterocycles. The van der Waals surface area contributed by atoms with Gasteiger partial charge in [0.2, 0.25) is 0 Å². The van der Waals surface area contributed by atoms with Gasteiger partial charge in [0.1, 0.15) is 0 Å². The first-order chi connectivity index (χ1) is 13.2. The first-order valence-corrected chi connectivity index (χ1v) is 11.6. The summed E-state index contributed by atoms with van der Waals surface area (Å²) in [7, 11) is 0. The van der Waals surface area contributed by atoms with E-state index in [-0.39, 0.29) is 18.3 Å². The summed E-state index contributed by atoms with van der Waals surface area (Å²) < 4.78 is 4.53. The van der Waals surface area contributed by atoms with Crippen LogP contribution in [0.15, 0.2) is 12.2 Å². The molecular formula is C24H42O3. The van der Waals surface area contributed by atoms with Crippen LogP contribution in [0, 0.1) is 5.92 Å². The van der Waals surface area contributed by atoms with Gasteiger partial charge in [-0.15, -0.1) is 0 Å². The molecule has 0 N–H and O–H groups in total. The third kappa shape index (κ3) is 13.7. The number of carbonyl (C=O) groups is 2. The van der Waals surface area contributed by atoms with Crippen molar-refractivity contribution in [2.45, 2.75) is 122 Å². The Morgan fingerprint density at radius 3 is 1.59 bits per heavy atom. The molecule has 0 amide bonds. The maximum absolute atomic E-state index is 11.3. The van der Waals surface area contributed by atoms with Crippen LogP contribution < -0.4 is 0 Å². The number of rotatable bonds is 18. The lowest BCUT2D eigenvalue weighted by Crippen LogP contribution is -2.03. The Balaban J connectivity index is 1.74. The highest BCUT2D eigenvalue weighted by Gasteiger charge is 2.30. The summed E-state index contributed by atoms with van der Waals surface area (Å²) in [6.07, 6.45) is 27.2. The zero-order chi connectivity index (χ0) is 19.6. The quantitative estimate of drug-likeness (QED) is 0.109. The standard InChI is InChI=1S/C24H42O3/c1-2-3-4-5-6-7-8-9-10-11-12-13-14-15-16-17-18-19-20-22-21-23(25)27-24(22)26/h19-20,22H,2-18,21H2,1H3. The fourth-order valence-electron chi connectivity index (χ4n) is 3.71. The summed E-state index contributed by atoms with van der Waals surface area (Å²) in [5.74, 6) is -1.11. The van der Waals surface area contributed by atoms with Gasteiger partial charge in [0.15, 0.2) is 0 Å². The smallest absolute Gasteiger partial charge is 0.321 e. The maximum Gasteiger partial charge on any atom is 0.321 e. The predicted octanol–water partition coefficient (Wildman–Crippen LogP) is 7.28. The molecule has 0 bridgehead atoms. The fourth-order valence-corrected chi connectivity index (χ4v) is 3.71. The highest BCUT2D eigenvalue weighted by molar-refractivity contribution is 5.95.